The monoisotopic (exact) mass is 331 g/mol. The van der Waals surface area contributed by atoms with E-state index >= 15 is 0 Å². The molecule has 0 unspecified atom stereocenters. The quantitative estimate of drug-likeness (QED) is 0.440. The summed E-state index contributed by atoms with van der Waals surface area (Å²) in [7, 11) is 0. The smallest absolute Gasteiger partial charge is 0.0658 e. The number of halogens is 3. The van der Waals surface area contributed by atoms with Gasteiger partial charge >= 0.3 is 0 Å². The normalized spacial score (nSPS) is 9.90. The van der Waals surface area contributed by atoms with Crippen LogP contribution in [0.25, 0.3) is 0 Å². The summed E-state index contributed by atoms with van der Waals surface area (Å²) in [6.45, 7) is 0. The summed E-state index contributed by atoms with van der Waals surface area (Å²) in [6, 6.07) is 3.69. The molecule has 0 bridgehead atoms. The largest absolute Gasteiger partial charge is 0.397 e. The van der Waals surface area contributed by atoms with E-state index in [9.17, 15) is 0 Å². The van der Waals surface area contributed by atoms with Gasteiger partial charge in [-0.15, -0.1) is 0 Å². The van der Waals surface area contributed by atoms with Crippen molar-refractivity contribution in [2.24, 2.45) is 0 Å². The van der Waals surface area contributed by atoms with Crippen LogP contribution in [0.3, 0.4) is 0 Å². The van der Waals surface area contributed by atoms with Crippen molar-refractivity contribution < 1.29 is 0 Å². The molecule has 4 heteroatoms. The van der Waals surface area contributed by atoms with Gasteiger partial charge < -0.3 is 5.73 Å². The molecule has 1 aromatic rings. The summed E-state index contributed by atoms with van der Waals surface area (Å²) in [5, 5.41) is 0.590. The van der Waals surface area contributed by atoms with Gasteiger partial charge in [-0.1, -0.05) is 11.6 Å². The molecule has 0 aliphatic carbocycles. The number of anilines is 1. The Labute approximate surface area is 86.2 Å². The van der Waals surface area contributed by atoms with E-state index in [1.807, 2.05) is 6.07 Å². The van der Waals surface area contributed by atoms with Gasteiger partial charge in [0.25, 0.3) is 0 Å². The average Bonchev–Trinajstić information content (AvgIpc) is 1.93. The molecular formula is C6H4BrClIN. The molecule has 0 amide bonds. The molecule has 10 heavy (non-hydrogen) atoms. The van der Waals surface area contributed by atoms with E-state index in [0.29, 0.717) is 10.7 Å². The third kappa shape index (κ3) is 1.57. The molecule has 0 saturated heterocycles. The zero-order chi connectivity index (χ0) is 7.72. The fraction of sp³-hybridized carbons (Fsp3) is 0. The van der Waals surface area contributed by atoms with Gasteiger partial charge in [0.1, 0.15) is 0 Å². The van der Waals surface area contributed by atoms with E-state index < -0.39 is 0 Å². The third-order valence-corrected chi connectivity index (χ3v) is 3.90. The number of hydrogen-bond acceptors (Lipinski definition) is 1. The second-order valence-electron chi connectivity index (χ2n) is 1.76. The SMILES string of the molecule is Nc1c(Cl)ccc(I)c1Br. The van der Waals surface area contributed by atoms with Crippen molar-refractivity contribution in [2.45, 2.75) is 0 Å². The first-order chi connectivity index (χ1) is 4.63. The summed E-state index contributed by atoms with van der Waals surface area (Å²) in [4.78, 5) is 0. The van der Waals surface area contributed by atoms with Crippen LogP contribution in [-0.4, -0.2) is 0 Å². The molecule has 54 valence electrons. The molecule has 2 N–H and O–H groups in total. The highest BCUT2D eigenvalue weighted by molar-refractivity contribution is 14.1. The average molecular weight is 332 g/mol. The van der Waals surface area contributed by atoms with Gasteiger partial charge in [0, 0.05) is 3.57 Å². The minimum absolute atomic E-state index is 0.590. The molecule has 0 fully saturated rings. The highest BCUT2D eigenvalue weighted by Crippen LogP contribution is 2.31. The second-order valence-corrected chi connectivity index (χ2v) is 4.12. The third-order valence-electron chi connectivity index (χ3n) is 1.08. The Morgan fingerprint density at radius 3 is 2.60 bits per heavy atom. The van der Waals surface area contributed by atoms with E-state index in [1.54, 1.807) is 6.07 Å². The minimum Gasteiger partial charge on any atom is -0.397 e. The zero-order valence-electron chi connectivity index (χ0n) is 4.87. The number of hydrogen-bond donors (Lipinski definition) is 1. The Hall–Kier alpha value is 0.520. The van der Waals surface area contributed by atoms with Crippen molar-refractivity contribution >= 4 is 55.8 Å². The molecule has 0 aliphatic rings. The molecule has 1 nitrogen and oxygen atoms in total. The molecule has 0 radical (unpaired) electrons. The molecule has 0 spiro atoms. The van der Waals surface area contributed by atoms with E-state index in [1.165, 1.54) is 0 Å². The van der Waals surface area contributed by atoms with Crippen LogP contribution < -0.4 is 5.73 Å². The Balaban J connectivity index is 3.34. The molecule has 0 aliphatic heterocycles. The van der Waals surface area contributed by atoms with E-state index in [4.69, 9.17) is 17.3 Å². The first-order valence-electron chi connectivity index (χ1n) is 2.52. The maximum absolute atomic E-state index is 5.73. The topological polar surface area (TPSA) is 26.0 Å². The number of nitrogens with two attached hydrogens (primary N) is 1. The molecule has 0 atom stereocenters. The van der Waals surface area contributed by atoms with Crippen molar-refractivity contribution in [3.63, 3.8) is 0 Å². The van der Waals surface area contributed by atoms with Crippen molar-refractivity contribution in [3.8, 4) is 0 Å². The first kappa shape index (κ1) is 8.62. The molecule has 0 saturated carbocycles. The molecule has 0 heterocycles. The molecule has 1 aromatic carbocycles. The lowest BCUT2D eigenvalue weighted by molar-refractivity contribution is 1.57. The van der Waals surface area contributed by atoms with Gasteiger partial charge in [-0.3, -0.25) is 0 Å². The van der Waals surface area contributed by atoms with Gasteiger partial charge in [-0.05, 0) is 50.7 Å². The Bertz CT molecular complexity index is 237. The van der Waals surface area contributed by atoms with Gasteiger partial charge in [-0.25, -0.2) is 0 Å². The first-order valence-corrected chi connectivity index (χ1v) is 4.77. The van der Waals surface area contributed by atoms with Crippen LogP contribution in [0.4, 0.5) is 5.69 Å². The van der Waals surface area contributed by atoms with E-state index in [0.717, 1.165) is 8.04 Å². The summed E-state index contributed by atoms with van der Waals surface area (Å²) in [5.74, 6) is 0. The summed E-state index contributed by atoms with van der Waals surface area (Å²) < 4.78 is 1.94. The van der Waals surface area contributed by atoms with Crippen LogP contribution in [0, 0.1) is 3.57 Å². The van der Waals surface area contributed by atoms with Crippen molar-refractivity contribution in [1.29, 1.82) is 0 Å². The molecule has 0 aromatic heterocycles. The fourth-order valence-electron chi connectivity index (χ4n) is 0.543. The summed E-state index contributed by atoms with van der Waals surface area (Å²) >= 11 is 11.2. The van der Waals surface area contributed by atoms with Crippen molar-refractivity contribution in [2.75, 3.05) is 5.73 Å². The van der Waals surface area contributed by atoms with Crippen LogP contribution >= 0.6 is 50.1 Å². The van der Waals surface area contributed by atoms with Gasteiger partial charge in [-0.2, -0.15) is 0 Å². The number of benzene rings is 1. The lowest BCUT2D eigenvalue weighted by Crippen LogP contribution is -1.89. The highest BCUT2D eigenvalue weighted by atomic mass is 127. The lowest BCUT2D eigenvalue weighted by Gasteiger charge is -2.01. The Morgan fingerprint density at radius 2 is 2.10 bits per heavy atom. The number of nitrogen functional groups attached to an aromatic ring is 1. The zero-order valence-corrected chi connectivity index (χ0v) is 9.37. The van der Waals surface area contributed by atoms with E-state index in [2.05, 4.69) is 38.5 Å². The maximum Gasteiger partial charge on any atom is 0.0658 e. The summed E-state index contributed by atoms with van der Waals surface area (Å²) in [6.07, 6.45) is 0. The van der Waals surface area contributed by atoms with Gasteiger partial charge in [0.2, 0.25) is 0 Å². The maximum atomic E-state index is 5.73. The highest BCUT2D eigenvalue weighted by Gasteiger charge is 2.03. The Morgan fingerprint density at radius 1 is 1.50 bits per heavy atom. The lowest BCUT2D eigenvalue weighted by atomic mass is 10.3. The predicted molar refractivity (Wildman–Crippen MR) is 56.3 cm³/mol. The fourth-order valence-corrected chi connectivity index (χ4v) is 1.63. The van der Waals surface area contributed by atoms with E-state index in [-0.39, 0.29) is 0 Å². The molecule has 1 rings (SSSR count). The van der Waals surface area contributed by atoms with Crippen LogP contribution in [0.15, 0.2) is 16.6 Å². The number of rotatable bonds is 0. The van der Waals surface area contributed by atoms with Crippen LogP contribution in [0.5, 0.6) is 0 Å². The Kier molecular flexibility index (Phi) is 2.82. The van der Waals surface area contributed by atoms with Crippen molar-refractivity contribution in [1.82, 2.24) is 0 Å². The van der Waals surface area contributed by atoms with Gasteiger partial charge in [0.15, 0.2) is 0 Å². The second kappa shape index (κ2) is 3.28. The van der Waals surface area contributed by atoms with Crippen LogP contribution in [-0.2, 0) is 0 Å². The molecular weight excluding hydrogens is 328 g/mol. The van der Waals surface area contributed by atoms with Crippen LogP contribution in [0.1, 0.15) is 0 Å². The summed E-state index contributed by atoms with van der Waals surface area (Å²) in [5.41, 5.74) is 6.20. The van der Waals surface area contributed by atoms with Crippen molar-refractivity contribution in [3.05, 3.63) is 25.2 Å². The van der Waals surface area contributed by atoms with Gasteiger partial charge in [0.05, 0.1) is 15.2 Å². The van der Waals surface area contributed by atoms with Crippen LogP contribution in [0.2, 0.25) is 5.02 Å². The minimum atomic E-state index is 0.590. The standard InChI is InChI=1S/C6H4BrClIN/c7-5-4(9)2-1-3(8)6(5)10/h1-2H,10H2. The predicted octanol–water partition coefficient (Wildman–Crippen LogP) is 3.29.